The van der Waals surface area contributed by atoms with Gasteiger partial charge in [-0.25, -0.2) is 9.97 Å². The first-order valence-corrected chi connectivity index (χ1v) is 9.37. The van der Waals surface area contributed by atoms with Crippen LogP contribution in [0.25, 0.3) is 20.4 Å². The van der Waals surface area contributed by atoms with Crippen molar-refractivity contribution < 1.29 is 4.79 Å². The molecule has 1 atom stereocenters. The maximum Gasteiger partial charge on any atom is 0.272 e. The summed E-state index contributed by atoms with van der Waals surface area (Å²) in [4.78, 5) is 37.0. The normalized spacial score (nSPS) is 12.4. The third-order valence-electron chi connectivity index (χ3n) is 4.67. The third-order valence-corrected chi connectivity index (χ3v) is 5.77. The van der Waals surface area contributed by atoms with Crippen LogP contribution in [0.15, 0.2) is 53.7 Å². The molecule has 0 aliphatic carbocycles. The lowest BCUT2D eigenvalue weighted by Crippen LogP contribution is -2.37. The number of aryl methyl sites for hydroxylation is 1. The number of nitrogens with zero attached hydrogens (tertiary/aromatic N) is 4. The summed E-state index contributed by atoms with van der Waals surface area (Å²) in [5.41, 5.74) is 2.27. The van der Waals surface area contributed by atoms with E-state index in [2.05, 4.69) is 9.97 Å². The van der Waals surface area contributed by atoms with Crippen molar-refractivity contribution in [1.82, 2.24) is 14.5 Å². The largest absolute Gasteiger partial charge is 0.314 e. The second-order valence-electron chi connectivity index (χ2n) is 6.51. The van der Waals surface area contributed by atoms with E-state index >= 15 is 0 Å². The topological polar surface area (TPSA) is 68.1 Å². The molecule has 0 spiro atoms. The van der Waals surface area contributed by atoms with Gasteiger partial charge in [-0.1, -0.05) is 12.1 Å². The highest BCUT2D eigenvalue weighted by molar-refractivity contribution is 7.25. The van der Waals surface area contributed by atoms with Crippen LogP contribution < -0.4 is 10.5 Å². The number of carbonyl (C=O) groups excluding carboxylic acids is 1. The highest BCUT2D eigenvalue weighted by atomic mass is 32.1. The SMILES string of the molecule is Cc1cccc(N(C)C(=O)C(C)n2cnc3c(sc4ncccc43)c2=O)c1. The summed E-state index contributed by atoms with van der Waals surface area (Å²) in [5, 5.41) is 0.859. The Morgan fingerprint density at radius 3 is 2.81 bits per heavy atom. The number of rotatable bonds is 3. The van der Waals surface area contributed by atoms with Gasteiger partial charge in [0.05, 0.1) is 11.8 Å². The molecule has 1 unspecified atom stereocenters. The minimum atomic E-state index is -0.668. The van der Waals surface area contributed by atoms with E-state index in [1.54, 1.807) is 25.1 Å². The smallest absolute Gasteiger partial charge is 0.272 e. The molecule has 0 fully saturated rings. The van der Waals surface area contributed by atoms with Crippen LogP contribution in [0.4, 0.5) is 5.69 Å². The molecule has 4 rings (SSSR count). The van der Waals surface area contributed by atoms with Crippen LogP contribution >= 0.6 is 11.3 Å². The zero-order valence-electron chi connectivity index (χ0n) is 15.2. The summed E-state index contributed by atoms with van der Waals surface area (Å²) in [6.07, 6.45) is 3.15. The number of likely N-dealkylation sites (N-methyl/N-ethyl adjacent to an activating group) is 1. The van der Waals surface area contributed by atoms with Gasteiger partial charge in [-0.3, -0.25) is 14.2 Å². The molecular weight excluding hydrogens is 360 g/mol. The van der Waals surface area contributed by atoms with Crippen LogP contribution in [0.5, 0.6) is 0 Å². The highest BCUT2D eigenvalue weighted by Gasteiger charge is 2.23. The van der Waals surface area contributed by atoms with Crippen molar-refractivity contribution in [2.45, 2.75) is 19.9 Å². The zero-order chi connectivity index (χ0) is 19.1. The number of aromatic nitrogens is 3. The van der Waals surface area contributed by atoms with E-state index in [-0.39, 0.29) is 11.5 Å². The number of pyridine rings is 1. The van der Waals surface area contributed by atoms with Gasteiger partial charge in [0.25, 0.3) is 5.56 Å². The molecule has 3 aromatic heterocycles. The summed E-state index contributed by atoms with van der Waals surface area (Å²) >= 11 is 1.31. The van der Waals surface area contributed by atoms with Gasteiger partial charge in [0, 0.05) is 24.3 Å². The number of hydrogen-bond acceptors (Lipinski definition) is 5. The van der Waals surface area contributed by atoms with Crippen molar-refractivity contribution in [2.24, 2.45) is 0 Å². The lowest BCUT2D eigenvalue weighted by Gasteiger charge is -2.23. The fourth-order valence-electron chi connectivity index (χ4n) is 3.12. The third kappa shape index (κ3) is 2.90. The summed E-state index contributed by atoms with van der Waals surface area (Å²) in [7, 11) is 1.72. The van der Waals surface area contributed by atoms with Gasteiger partial charge in [0.15, 0.2) is 0 Å². The lowest BCUT2D eigenvalue weighted by atomic mass is 10.2. The minimum absolute atomic E-state index is 0.178. The van der Waals surface area contributed by atoms with Gasteiger partial charge in [0.1, 0.15) is 15.6 Å². The van der Waals surface area contributed by atoms with Gasteiger partial charge >= 0.3 is 0 Å². The predicted octanol–water partition coefficient (Wildman–Crippen LogP) is 3.54. The van der Waals surface area contributed by atoms with Crippen LogP contribution in [0.1, 0.15) is 18.5 Å². The van der Waals surface area contributed by atoms with Gasteiger partial charge in [0.2, 0.25) is 5.91 Å². The number of hydrogen-bond donors (Lipinski definition) is 0. The summed E-state index contributed by atoms with van der Waals surface area (Å²) < 4.78 is 1.91. The van der Waals surface area contributed by atoms with E-state index in [1.807, 2.05) is 43.3 Å². The molecule has 0 N–H and O–H groups in total. The molecule has 0 aliphatic rings. The summed E-state index contributed by atoms with van der Waals surface area (Å²) in [6, 6.07) is 10.7. The molecule has 0 aliphatic heterocycles. The maximum atomic E-state index is 13.0. The Kier molecular flexibility index (Phi) is 4.24. The molecule has 7 heteroatoms. The number of carbonyl (C=O) groups is 1. The number of thiophene rings is 1. The number of anilines is 1. The van der Waals surface area contributed by atoms with Crippen molar-refractivity contribution in [1.29, 1.82) is 0 Å². The van der Waals surface area contributed by atoms with E-state index in [4.69, 9.17) is 0 Å². The van der Waals surface area contributed by atoms with Crippen molar-refractivity contribution in [3.8, 4) is 0 Å². The van der Waals surface area contributed by atoms with Crippen molar-refractivity contribution >= 4 is 43.4 Å². The van der Waals surface area contributed by atoms with E-state index in [0.29, 0.717) is 10.2 Å². The Morgan fingerprint density at radius 1 is 1.22 bits per heavy atom. The predicted molar refractivity (Wildman–Crippen MR) is 108 cm³/mol. The standard InChI is InChI=1S/C20H18N4O2S/c1-12-6-4-7-14(10-12)23(3)19(25)13(2)24-11-22-16-15-8-5-9-21-18(15)27-17(16)20(24)26/h4-11,13H,1-3H3. The fourth-order valence-corrected chi connectivity index (χ4v) is 4.16. The molecule has 1 aromatic carbocycles. The molecular formula is C20H18N4O2S. The second-order valence-corrected chi connectivity index (χ2v) is 7.50. The zero-order valence-corrected chi connectivity index (χ0v) is 16.0. The number of benzene rings is 1. The average Bonchev–Trinajstić information content (AvgIpc) is 3.06. The van der Waals surface area contributed by atoms with E-state index in [1.165, 1.54) is 22.2 Å². The molecule has 0 bridgehead atoms. The Bertz CT molecular complexity index is 1230. The first-order chi connectivity index (χ1) is 13.0. The van der Waals surface area contributed by atoms with Crippen LogP contribution in [-0.4, -0.2) is 27.5 Å². The molecule has 27 heavy (non-hydrogen) atoms. The van der Waals surface area contributed by atoms with Crippen molar-refractivity contribution in [3.05, 3.63) is 64.8 Å². The Morgan fingerprint density at radius 2 is 2.04 bits per heavy atom. The van der Waals surface area contributed by atoms with Gasteiger partial charge in [-0.05, 0) is 43.7 Å². The quantitative estimate of drug-likeness (QED) is 0.547. The van der Waals surface area contributed by atoms with E-state index in [0.717, 1.165) is 21.5 Å². The lowest BCUT2D eigenvalue weighted by molar-refractivity contribution is -0.121. The maximum absolute atomic E-state index is 13.0. The molecule has 3 heterocycles. The molecule has 0 radical (unpaired) electrons. The van der Waals surface area contributed by atoms with Gasteiger partial charge in [-0.2, -0.15) is 0 Å². The van der Waals surface area contributed by atoms with Gasteiger partial charge in [-0.15, -0.1) is 11.3 Å². The van der Waals surface area contributed by atoms with Crippen LogP contribution in [-0.2, 0) is 4.79 Å². The number of amides is 1. The number of fused-ring (bicyclic) bond motifs is 3. The van der Waals surface area contributed by atoms with Crippen molar-refractivity contribution in [3.63, 3.8) is 0 Å². The Balaban J connectivity index is 1.75. The van der Waals surface area contributed by atoms with Crippen LogP contribution in [0.3, 0.4) is 0 Å². The first kappa shape index (κ1) is 17.4. The fraction of sp³-hybridized carbons (Fsp3) is 0.200. The molecule has 0 saturated heterocycles. The van der Waals surface area contributed by atoms with Crippen LogP contribution in [0, 0.1) is 6.92 Å². The Hall–Kier alpha value is -3.06. The van der Waals surface area contributed by atoms with Crippen molar-refractivity contribution in [2.75, 3.05) is 11.9 Å². The first-order valence-electron chi connectivity index (χ1n) is 8.56. The van der Waals surface area contributed by atoms with Crippen LogP contribution in [0.2, 0.25) is 0 Å². The van der Waals surface area contributed by atoms with E-state index < -0.39 is 6.04 Å². The molecule has 136 valence electrons. The molecule has 1 amide bonds. The summed E-state index contributed by atoms with van der Waals surface area (Å²) in [6.45, 7) is 3.69. The molecule has 6 nitrogen and oxygen atoms in total. The average molecular weight is 378 g/mol. The Labute approximate surface area is 159 Å². The highest BCUT2D eigenvalue weighted by Crippen LogP contribution is 2.28. The van der Waals surface area contributed by atoms with Gasteiger partial charge < -0.3 is 4.90 Å². The second kappa shape index (κ2) is 6.59. The monoisotopic (exact) mass is 378 g/mol. The van der Waals surface area contributed by atoms with E-state index in [9.17, 15) is 9.59 Å². The molecule has 4 aromatic rings. The summed E-state index contributed by atoms with van der Waals surface area (Å²) in [5.74, 6) is -0.178. The molecule has 0 saturated carbocycles. The minimum Gasteiger partial charge on any atom is -0.314 e.